The van der Waals surface area contributed by atoms with Gasteiger partial charge in [0.25, 0.3) is 5.91 Å². The van der Waals surface area contributed by atoms with E-state index in [1.807, 2.05) is 26.0 Å². The van der Waals surface area contributed by atoms with Crippen LogP contribution < -0.4 is 10.6 Å². The lowest BCUT2D eigenvalue weighted by Crippen LogP contribution is -2.24. The molecule has 0 aliphatic carbocycles. The highest BCUT2D eigenvalue weighted by Gasteiger charge is 2.09. The molecule has 0 saturated carbocycles. The van der Waals surface area contributed by atoms with Crippen molar-refractivity contribution in [2.24, 2.45) is 0 Å². The highest BCUT2D eigenvalue weighted by atomic mass is 16.1. The van der Waals surface area contributed by atoms with E-state index in [1.54, 1.807) is 24.5 Å². The first-order chi connectivity index (χ1) is 9.70. The van der Waals surface area contributed by atoms with Crippen molar-refractivity contribution in [3.05, 3.63) is 47.9 Å². The molecule has 0 saturated heterocycles. The van der Waals surface area contributed by atoms with Gasteiger partial charge in [-0.2, -0.15) is 0 Å². The van der Waals surface area contributed by atoms with Crippen molar-refractivity contribution in [1.29, 1.82) is 0 Å². The van der Waals surface area contributed by atoms with E-state index in [1.165, 1.54) is 0 Å². The number of carbonyl (C=O) groups is 1. The number of hydrogen-bond donors (Lipinski definition) is 2. The van der Waals surface area contributed by atoms with Crippen LogP contribution in [0.5, 0.6) is 0 Å². The summed E-state index contributed by atoms with van der Waals surface area (Å²) in [5, 5.41) is 13.8. The summed E-state index contributed by atoms with van der Waals surface area (Å²) in [5.74, 6) is 0.413. The van der Waals surface area contributed by atoms with Crippen LogP contribution in [0.25, 0.3) is 0 Å². The van der Waals surface area contributed by atoms with Gasteiger partial charge in [0.2, 0.25) is 0 Å². The van der Waals surface area contributed by atoms with Crippen molar-refractivity contribution >= 4 is 11.7 Å². The second-order valence-corrected chi connectivity index (χ2v) is 4.31. The molecule has 1 unspecified atom stereocenters. The number of pyridine rings is 1. The first-order valence-corrected chi connectivity index (χ1v) is 6.49. The quantitative estimate of drug-likeness (QED) is 0.866. The number of amides is 1. The summed E-state index contributed by atoms with van der Waals surface area (Å²) in [6, 6.07) is 7.36. The van der Waals surface area contributed by atoms with Crippen molar-refractivity contribution in [2.45, 2.75) is 19.9 Å². The fourth-order valence-electron chi connectivity index (χ4n) is 1.74. The molecular weight excluding hydrogens is 254 g/mol. The van der Waals surface area contributed by atoms with Gasteiger partial charge in [-0.1, -0.05) is 0 Å². The Hall–Kier alpha value is -2.50. The lowest BCUT2D eigenvalue weighted by molar-refractivity contribution is 0.0950. The highest BCUT2D eigenvalue weighted by Crippen LogP contribution is 2.16. The molecule has 104 valence electrons. The molecule has 20 heavy (non-hydrogen) atoms. The van der Waals surface area contributed by atoms with Crippen molar-refractivity contribution in [2.75, 3.05) is 11.9 Å². The predicted molar refractivity (Wildman–Crippen MR) is 76.3 cm³/mol. The SMILES string of the molecule is CCNC(=O)c1ccc(NC(C)c2ccncc2)nn1. The van der Waals surface area contributed by atoms with E-state index in [0.717, 1.165) is 5.56 Å². The third-order valence-corrected chi connectivity index (χ3v) is 2.81. The van der Waals surface area contributed by atoms with Gasteiger partial charge in [0.1, 0.15) is 5.82 Å². The molecule has 2 aromatic rings. The molecule has 6 heteroatoms. The third-order valence-electron chi connectivity index (χ3n) is 2.81. The average Bonchev–Trinajstić information content (AvgIpc) is 2.49. The minimum atomic E-state index is -0.214. The zero-order chi connectivity index (χ0) is 14.4. The number of aromatic nitrogens is 3. The Morgan fingerprint density at radius 2 is 1.95 bits per heavy atom. The van der Waals surface area contributed by atoms with E-state index >= 15 is 0 Å². The van der Waals surface area contributed by atoms with Gasteiger partial charge in [-0.3, -0.25) is 9.78 Å². The van der Waals surface area contributed by atoms with Crippen LogP contribution in [0.4, 0.5) is 5.82 Å². The molecule has 2 rings (SSSR count). The molecule has 2 aromatic heterocycles. The number of anilines is 1. The zero-order valence-electron chi connectivity index (χ0n) is 11.5. The highest BCUT2D eigenvalue weighted by molar-refractivity contribution is 5.92. The summed E-state index contributed by atoms with van der Waals surface area (Å²) in [4.78, 5) is 15.5. The van der Waals surface area contributed by atoms with Gasteiger partial charge in [-0.05, 0) is 43.7 Å². The molecule has 2 N–H and O–H groups in total. The largest absolute Gasteiger partial charge is 0.362 e. The number of carbonyl (C=O) groups excluding carboxylic acids is 1. The fraction of sp³-hybridized carbons (Fsp3) is 0.286. The maximum Gasteiger partial charge on any atom is 0.271 e. The normalized spacial score (nSPS) is 11.7. The van der Waals surface area contributed by atoms with Crippen LogP contribution in [-0.2, 0) is 0 Å². The van der Waals surface area contributed by atoms with Gasteiger partial charge in [-0.25, -0.2) is 0 Å². The lowest BCUT2D eigenvalue weighted by Gasteiger charge is -2.14. The smallest absolute Gasteiger partial charge is 0.271 e. The van der Waals surface area contributed by atoms with Crippen LogP contribution in [0.2, 0.25) is 0 Å². The van der Waals surface area contributed by atoms with Gasteiger partial charge in [-0.15, -0.1) is 10.2 Å². The van der Waals surface area contributed by atoms with Crippen molar-refractivity contribution in [3.63, 3.8) is 0 Å². The Labute approximate surface area is 117 Å². The van der Waals surface area contributed by atoms with E-state index < -0.39 is 0 Å². The second-order valence-electron chi connectivity index (χ2n) is 4.31. The average molecular weight is 271 g/mol. The van der Waals surface area contributed by atoms with Crippen LogP contribution in [0.3, 0.4) is 0 Å². The molecule has 2 heterocycles. The summed E-state index contributed by atoms with van der Waals surface area (Å²) in [6.07, 6.45) is 3.49. The van der Waals surface area contributed by atoms with Crippen LogP contribution >= 0.6 is 0 Å². The molecule has 0 radical (unpaired) electrons. The Morgan fingerprint density at radius 3 is 2.55 bits per heavy atom. The van der Waals surface area contributed by atoms with Crippen molar-refractivity contribution < 1.29 is 4.79 Å². The summed E-state index contributed by atoms with van der Waals surface area (Å²) in [5.41, 5.74) is 1.42. The standard InChI is InChI=1S/C14H17N5O/c1-3-16-14(20)12-4-5-13(19-18-12)17-10(2)11-6-8-15-9-7-11/h4-10H,3H2,1-2H3,(H,16,20)(H,17,19). The number of nitrogens with zero attached hydrogens (tertiary/aromatic N) is 3. The van der Waals surface area contributed by atoms with Gasteiger partial charge < -0.3 is 10.6 Å². The van der Waals surface area contributed by atoms with E-state index in [9.17, 15) is 4.79 Å². The molecule has 0 aliphatic heterocycles. The fourth-order valence-corrected chi connectivity index (χ4v) is 1.74. The van der Waals surface area contributed by atoms with Crippen molar-refractivity contribution in [1.82, 2.24) is 20.5 Å². The maximum atomic E-state index is 11.6. The minimum Gasteiger partial charge on any atom is -0.362 e. The number of rotatable bonds is 5. The molecule has 0 spiro atoms. The molecule has 0 bridgehead atoms. The molecule has 0 fully saturated rings. The van der Waals surface area contributed by atoms with Gasteiger partial charge in [0, 0.05) is 18.9 Å². The Morgan fingerprint density at radius 1 is 1.20 bits per heavy atom. The van der Waals surface area contributed by atoms with E-state index in [4.69, 9.17) is 0 Å². The topological polar surface area (TPSA) is 79.8 Å². The Kier molecular flexibility index (Phi) is 4.60. The van der Waals surface area contributed by atoms with Crippen LogP contribution in [-0.4, -0.2) is 27.6 Å². The summed E-state index contributed by atoms with van der Waals surface area (Å²) in [6.45, 7) is 4.45. The van der Waals surface area contributed by atoms with Crippen LogP contribution in [0.15, 0.2) is 36.7 Å². The molecule has 0 aromatic carbocycles. The maximum absolute atomic E-state index is 11.6. The second kappa shape index (κ2) is 6.60. The molecule has 1 atom stereocenters. The Bertz CT molecular complexity index is 556. The van der Waals surface area contributed by atoms with Gasteiger partial charge in [0.05, 0.1) is 6.04 Å². The predicted octanol–water partition coefficient (Wildman–Crippen LogP) is 1.79. The Balaban J connectivity index is 2.02. The first-order valence-electron chi connectivity index (χ1n) is 6.49. The first kappa shape index (κ1) is 13.9. The number of hydrogen-bond acceptors (Lipinski definition) is 5. The summed E-state index contributed by atoms with van der Waals surface area (Å²) in [7, 11) is 0. The van der Waals surface area contributed by atoms with E-state index in [2.05, 4.69) is 25.8 Å². The van der Waals surface area contributed by atoms with E-state index in [-0.39, 0.29) is 11.9 Å². The van der Waals surface area contributed by atoms with Crippen LogP contribution in [0, 0.1) is 0 Å². The third kappa shape index (κ3) is 3.50. The summed E-state index contributed by atoms with van der Waals surface area (Å²) < 4.78 is 0. The molecule has 0 aliphatic rings. The lowest BCUT2D eigenvalue weighted by atomic mass is 10.1. The van der Waals surface area contributed by atoms with Crippen molar-refractivity contribution in [3.8, 4) is 0 Å². The molecule has 1 amide bonds. The van der Waals surface area contributed by atoms with E-state index in [0.29, 0.717) is 18.1 Å². The van der Waals surface area contributed by atoms with Gasteiger partial charge >= 0.3 is 0 Å². The molecule has 6 nitrogen and oxygen atoms in total. The van der Waals surface area contributed by atoms with Crippen LogP contribution in [0.1, 0.15) is 35.9 Å². The number of nitrogens with one attached hydrogen (secondary N) is 2. The van der Waals surface area contributed by atoms with Gasteiger partial charge in [0.15, 0.2) is 5.69 Å². The molecular formula is C14H17N5O. The monoisotopic (exact) mass is 271 g/mol. The minimum absolute atomic E-state index is 0.0858. The zero-order valence-corrected chi connectivity index (χ0v) is 11.5. The summed E-state index contributed by atoms with van der Waals surface area (Å²) >= 11 is 0.